The minimum Gasteiger partial charge on any atom is -0.496 e. The highest BCUT2D eigenvalue weighted by molar-refractivity contribution is 5.59. The Morgan fingerprint density at radius 1 is 1.14 bits per heavy atom. The zero-order valence-corrected chi connectivity index (χ0v) is 16.5. The van der Waals surface area contributed by atoms with Crippen LogP contribution >= 0.6 is 0 Å². The van der Waals surface area contributed by atoms with Crippen LogP contribution in [0.3, 0.4) is 0 Å². The van der Waals surface area contributed by atoms with Gasteiger partial charge >= 0.3 is 0 Å². The number of allylic oxidation sites excluding steroid dienone is 1. The van der Waals surface area contributed by atoms with E-state index in [1.165, 1.54) is 0 Å². The smallest absolute Gasteiger partial charge is 0.229 e. The van der Waals surface area contributed by atoms with Gasteiger partial charge in [-0.05, 0) is 25.1 Å². The third kappa shape index (κ3) is 3.42. The SMILES string of the molecule is CO.COc1ccccc1C1C(C#N)=C(N)Oc2c1c(C)nn2-c1ccccc1. The molecular weight excluding hydrogens is 368 g/mol. The number of nitrogens with two attached hydrogens (primary N) is 1. The molecule has 0 spiro atoms. The lowest BCUT2D eigenvalue weighted by atomic mass is 9.83. The number of nitrogens with zero attached hydrogens (tertiary/aromatic N) is 3. The van der Waals surface area contributed by atoms with Crippen LogP contribution in [0.1, 0.15) is 22.7 Å². The van der Waals surface area contributed by atoms with Crippen molar-refractivity contribution in [1.29, 1.82) is 5.26 Å². The lowest BCUT2D eigenvalue weighted by Crippen LogP contribution is -2.22. The summed E-state index contributed by atoms with van der Waals surface area (Å²) < 4.78 is 13.1. The van der Waals surface area contributed by atoms with Crippen molar-refractivity contribution in [2.75, 3.05) is 14.2 Å². The van der Waals surface area contributed by atoms with Crippen LogP contribution < -0.4 is 15.2 Å². The highest BCUT2D eigenvalue weighted by atomic mass is 16.5. The number of nitriles is 1. The molecule has 7 heteroatoms. The number of fused-ring (bicyclic) bond motifs is 1. The van der Waals surface area contributed by atoms with Crippen molar-refractivity contribution in [3.05, 3.63) is 82.9 Å². The molecule has 1 aliphatic rings. The molecule has 0 fully saturated rings. The van der Waals surface area contributed by atoms with Crippen molar-refractivity contribution < 1.29 is 14.6 Å². The molecule has 0 saturated carbocycles. The highest BCUT2D eigenvalue weighted by Crippen LogP contribution is 2.46. The second kappa shape index (κ2) is 8.50. The molecule has 0 saturated heterocycles. The third-order valence-electron chi connectivity index (χ3n) is 4.68. The van der Waals surface area contributed by atoms with Crippen LogP contribution in [0.25, 0.3) is 5.69 Å². The second-order valence-electron chi connectivity index (χ2n) is 6.22. The van der Waals surface area contributed by atoms with Crippen LogP contribution in [-0.4, -0.2) is 29.1 Å². The Kier molecular flexibility index (Phi) is 5.86. The van der Waals surface area contributed by atoms with Crippen molar-refractivity contribution in [2.24, 2.45) is 5.73 Å². The molecule has 3 aromatic rings. The van der Waals surface area contributed by atoms with E-state index in [0.717, 1.165) is 29.6 Å². The van der Waals surface area contributed by atoms with Gasteiger partial charge in [-0.2, -0.15) is 10.4 Å². The third-order valence-corrected chi connectivity index (χ3v) is 4.68. The van der Waals surface area contributed by atoms with Gasteiger partial charge in [0.15, 0.2) is 0 Å². The molecular formula is C22H22N4O3. The normalized spacial score (nSPS) is 14.8. The lowest BCUT2D eigenvalue weighted by molar-refractivity contribution is 0.364. The summed E-state index contributed by atoms with van der Waals surface area (Å²) in [6.45, 7) is 1.90. The quantitative estimate of drug-likeness (QED) is 0.712. The molecule has 0 aliphatic carbocycles. The number of hydrogen-bond acceptors (Lipinski definition) is 6. The van der Waals surface area contributed by atoms with Gasteiger partial charge in [0.1, 0.15) is 17.4 Å². The van der Waals surface area contributed by atoms with Gasteiger partial charge in [0.25, 0.3) is 0 Å². The van der Waals surface area contributed by atoms with E-state index in [2.05, 4.69) is 11.2 Å². The molecule has 1 aliphatic heterocycles. The monoisotopic (exact) mass is 390 g/mol. The van der Waals surface area contributed by atoms with Gasteiger partial charge in [0, 0.05) is 12.7 Å². The Morgan fingerprint density at radius 2 is 1.79 bits per heavy atom. The van der Waals surface area contributed by atoms with Crippen molar-refractivity contribution >= 4 is 0 Å². The van der Waals surface area contributed by atoms with E-state index in [1.807, 2.05) is 61.5 Å². The van der Waals surface area contributed by atoms with Gasteiger partial charge < -0.3 is 20.3 Å². The Labute approximate surface area is 169 Å². The van der Waals surface area contributed by atoms with E-state index >= 15 is 0 Å². The summed E-state index contributed by atoms with van der Waals surface area (Å²) in [4.78, 5) is 0. The Morgan fingerprint density at radius 3 is 2.45 bits per heavy atom. The van der Waals surface area contributed by atoms with E-state index in [0.29, 0.717) is 17.2 Å². The van der Waals surface area contributed by atoms with Crippen molar-refractivity contribution in [1.82, 2.24) is 9.78 Å². The van der Waals surface area contributed by atoms with Crippen LogP contribution in [0.4, 0.5) is 0 Å². The van der Waals surface area contributed by atoms with E-state index in [9.17, 15) is 5.26 Å². The molecule has 2 heterocycles. The first-order chi connectivity index (χ1) is 14.2. The fourth-order valence-corrected chi connectivity index (χ4v) is 3.47. The molecule has 0 radical (unpaired) electrons. The summed E-state index contributed by atoms with van der Waals surface area (Å²) in [7, 11) is 2.61. The number of aryl methyl sites for hydroxylation is 1. The average Bonchev–Trinajstić information content (AvgIpc) is 3.10. The Bertz CT molecular complexity index is 1080. The number of aliphatic hydroxyl groups is 1. The number of benzene rings is 2. The molecule has 1 unspecified atom stereocenters. The number of aromatic nitrogens is 2. The summed E-state index contributed by atoms with van der Waals surface area (Å²) in [6.07, 6.45) is 0. The minimum absolute atomic E-state index is 0.0815. The van der Waals surface area contributed by atoms with Gasteiger partial charge in [-0.25, -0.2) is 4.68 Å². The van der Waals surface area contributed by atoms with Gasteiger partial charge in [-0.1, -0.05) is 36.4 Å². The van der Waals surface area contributed by atoms with E-state index in [4.69, 9.17) is 20.3 Å². The van der Waals surface area contributed by atoms with Crippen molar-refractivity contribution in [3.8, 4) is 23.4 Å². The first-order valence-corrected chi connectivity index (χ1v) is 8.95. The number of aliphatic hydroxyl groups excluding tert-OH is 1. The first kappa shape index (κ1) is 20.0. The molecule has 0 amide bonds. The van der Waals surface area contributed by atoms with Crippen LogP contribution in [-0.2, 0) is 0 Å². The molecule has 29 heavy (non-hydrogen) atoms. The predicted molar refractivity (Wildman–Crippen MR) is 109 cm³/mol. The highest BCUT2D eigenvalue weighted by Gasteiger charge is 2.37. The van der Waals surface area contributed by atoms with Crippen molar-refractivity contribution in [3.63, 3.8) is 0 Å². The number of rotatable bonds is 3. The summed E-state index contributed by atoms with van der Waals surface area (Å²) in [5, 5.41) is 21.4. The summed E-state index contributed by atoms with van der Waals surface area (Å²) in [5.41, 5.74) is 9.77. The molecule has 0 bridgehead atoms. The molecule has 1 atom stereocenters. The van der Waals surface area contributed by atoms with E-state index in [1.54, 1.807) is 11.8 Å². The average molecular weight is 390 g/mol. The minimum atomic E-state index is -0.410. The largest absolute Gasteiger partial charge is 0.496 e. The van der Waals surface area contributed by atoms with Gasteiger partial charge in [-0.3, -0.25) is 0 Å². The summed E-state index contributed by atoms with van der Waals surface area (Å²) in [6, 6.07) is 19.5. The zero-order valence-electron chi connectivity index (χ0n) is 16.5. The molecule has 2 aromatic carbocycles. The van der Waals surface area contributed by atoms with Gasteiger partial charge in [0.05, 0.1) is 30.0 Å². The topological polar surface area (TPSA) is 106 Å². The van der Waals surface area contributed by atoms with Crippen LogP contribution in [0, 0.1) is 18.3 Å². The number of hydrogen-bond donors (Lipinski definition) is 2. The molecule has 148 valence electrons. The Balaban J connectivity index is 0.00000117. The maximum atomic E-state index is 9.76. The number of methoxy groups -OCH3 is 1. The Hall–Kier alpha value is -3.76. The standard InChI is InChI=1S/C21H18N4O2.CH4O/c1-13-18-19(15-10-6-7-11-17(15)26-2)16(12-22)20(23)27-21(18)25(24-13)14-8-4-3-5-9-14;1-2/h3-11,19H,23H2,1-2H3;2H,1H3. The maximum Gasteiger partial charge on any atom is 0.229 e. The second-order valence-corrected chi connectivity index (χ2v) is 6.22. The van der Waals surface area contributed by atoms with E-state index in [-0.39, 0.29) is 5.88 Å². The van der Waals surface area contributed by atoms with Crippen LogP contribution in [0.15, 0.2) is 66.1 Å². The zero-order chi connectivity index (χ0) is 21.0. The van der Waals surface area contributed by atoms with Crippen molar-refractivity contribution in [2.45, 2.75) is 12.8 Å². The number of ether oxygens (including phenoxy) is 2. The first-order valence-electron chi connectivity index (χ1n) is 8.95. The summed E-state index contributed by atoms with van der Waals surface area (Å²) >= 11 is 0. The summed E-state index contributed by atoms with van der Waals surface area (Å²) in [5.74, 6) is 0.874. The maximum absolute atomic E-state index is 9.76. The fraction of sp³-hybridized carbons (Fsp3) is 0.182. The van der Waals surface area contributed by atoms with E-state index < -0.39 is 5.92 Å². The molecule has 1 aromatic heterocycles. The fourth-order valence-electron chi connectivity index (χ4n) is 3.47. The molecule has 7 nitrogen and oxygen atoms in total. The van der Waals surface area contributed by atoms with Crippen LogP contribution in [0.2, 0.25) is 0 Å². The molecule has 3 N–H and O–H groups in total. The lowest BCUT2D eigenvalue weighted by Gasteiger charge is -2.26. The molecule has 4 rings (SSSR count). The van der Waals surface area contributed by atoms with Crippen LogP contribution in [0.5, 0.6) is 11.6 Å². The number of para-hydroxylation sites is 2. The van der Waals surface area contributed by atoms with Gasteiger partial charge in [0.2, 0.25) is 11.8 Å². The van der Waals surface area contributed by atoms with Gasteiger partial charge in [-0.15, -0.1) is 0 Å². The predicted octanol–water partition coefficient (Wildman–Crippen LogP) is 3.02.